The van der Waals surface area contributed by atoms with E-state index in [0.29, 0.717) is 13.0 Å². The maximum absolute atomic E-state index is 13.0. The second-order valence-corrected chi connectivity index (χ2v) is 11.9. The van der Waals surface area contributed by atoms with Gasteiger partial charge in [-0.2, -0.15) is 0 Å². The molecule has 1 aromatic heterocycles. The molecule has 5 heteroatoms. The largest absolute Gasteiger partial charge is 0.328 e. The Hall–Kier alpha value is -2.14. The number of unbranched alkanes of at least 4 members (excludes halogenated alkanes) is 13. The molecule has 1 fully saturated rings. The van der Waals surface area contributed by atoms with Gasteiger partial charge in [-0.25, -0.2) is 4.98 Å². The number of hydrogen-bond donors (Lipinski definition) is 0. The number of rotatable bonds is 17. The van der Waals surface area contributed by atoms with Crippen molar-refractivity contribution >= 4 is 38.6 Å². The molecule has 1 atom stereocenters. The number of aromatic nitrogens is 2. The first-order valence-corrected chi connectivity index (χ1v) is 16.0. The van der Waals surface area contributed by atoms with Crippen LogP contribution < -0.4 is 4.90 Å². The summed E-state index contributed by atoms with van der Waals surface area (Å²) in [5, 5.41) is 0. The molecule has 206 valence electrons. The summed E-state index contributed by atoms with van der Waals surface area (Å²) in [5.74, 6) is 1.37. The van der Waals surface area contributed by atoms with Gasteiger partial charge in [-0.15, -0.1) is 0 Å². The Bertz CT molecular complexity index is 1140. The number of hydrogen-bond acceptors (Lipinski definition) is 2. The van der Waals surface area contributed by atoms with Gasteiger partial charge in [0.05, 0.1) is 16.7 Å². The number of imidazole rings is 1. The van der Waals surface area contributed by atoms with Crippen LogP contribution in [-0.4, -0.2) is 22.0 Å². The van der Waals surface area contributed by atoms with E-state index in [0.717, 1.165) is 28.0 Å². The molecule has 2 heterocycles. The van der Waals surface area contributed by atoms with Gasteiger partial charge in [-0.1, -0.05) is 115 Å². The van der Waals surface area contributed by atoms with Crippen molar-refractivity contribution in [3.8, 4) is 0 Å². The van der Waals surface area contributed by atoms with Crippen LogP contribution in [0, 0.1) is 0 Å². The van der Waals surface area contributed by atoms with Crippen molar-refractivity contribution in [3.05, 3.63) is 58.8 Å². The summed E-state index contributed by atoms with van der Waals surface area (Å²) in [7, 11) is 0. The van der Waals surface area contributed by atoms with Crippen molar-refractivity contribution in [2.24, 2.45) is 0 Å². The molecule has 0 aliphatic carbocycles. The summed E-state index contributed by atoms with van der Waals surface area (Å²) in [4.78, 5) is 20.0. The van der Waals surface area contributed by atoms with Crippen molar-refractivity contribution in [2.75, 3.05) is 11.4 Å². The highest BCUT2D eigenvalue weighted by Crippen LogP contribution is 2.36. The van der Waals surface area contributed by atoms with Crippen LogP contribution in [0.25, 0.3) is 11.0 Å². The topological polar surface area (TPSA) is 38.1 Å². The van der Waals surface area contributed by atoms with Gasteiger partial charge in [-0.3, -0.25) is 4.79 Å². The molecular weight excluding hydrogens is 534 g/mol. The van der Waals surface area contributed by atoms with E-state index in [4.69, 9.17) is 4.98 Å². The Labute approximate surface area is 238 Å². The predicted molar refractivity (Wildman–Crippen MR) is 164 cm³/mol. The molecule has 1 aliphatic rings. The highest BCUT2D eigenvalue weighted by Gasteiger charge is 2.35. The highest BCUT2D eigenvalue weighted by molar-refractivity contribution is 9.10. The molecule has 0 N–H and O–H groups in total. The maximum Gasteiger partial charge on any atom is 0.227 e. The number of carbonyl (C=O) groups excluding carboxylic acids is 1. The number of para-hydroxylation sites is 3. The standard InChI is InChI=1S/C33H46BrN3O/c1-2-3-4-5-6-7-8-9-10-11-12-13-14-19-24-36-31-23-18-16-21-29(31)35-33(36)27-25-32(38)37(26-27)30-22-17-15-20-28(30)34/h15-18,20-23,27H,2-14,19,24-26H2,1H3. The third-order valence-corrected chi connectivity index (χ3v) is 8.72. The predicted octanol–water partition coefficient (Wildman–Crippen LogP) is 9.80. The van der Waals surface area contributed by atoms with E-state index in [1.54, 1.807) is 0 Å². The fraction of sp³-hybridized carbons (Fsp3) is 0.576. The summed E-state index contributed by atoms with van der Waals surface area (Å²) in [5.41, 5.74) is 3.19. The molecule has 1 amide bonds. The van der Waals surface area contributed by atoms with E-state index >= 15 is 0 Å². The minimum Gasteiger partial charge on any atom is -0.328 e. The van der Waals surface area contributed by atoms with Gasteiger partial charge in [0.1, 0.15) is 5.82 Å². The van der Waals surface area contributed by atoms with Crippen LogP contribution >= 0.6 is 15.9 Å². The Morgan fingerprint density at radius 3 is 2.03 bits per heavy atom. The van der Waals surface area contributed by atoms with Gasteiger partial charge in [-0.05, 0) is 46.6 Å². The molecule has 38 heavy (non-hydrogen) atoms. The van der Waals surface area contributed by atoms with Crippen LogP contribution in [0.1, 0.15) is 115 Å². The number of nitrogens with zero attached hydrogens (tertiary/aromatic N) is 3. The molecule has 3 aromatic rings. The Balaban J connectivity index is 1.23. The number of anilines is 1. The molecule has 2 aromatic carbocycles. The number of carbonyl (C=O) groups is 1. The fourth-order valence-corrected chi connectivity index (χ4v) is 6.39. The summed E-state index contributed by atoms with van der Waals surface area (Å²) < 4.78 is 3.36. The van der Waals surface area contributed by atoms with Gasteiger partial charge in [0, 0.05) is 29.9 Å². The molecule has 1 saturated heterocycles. The summed E-state index contributed by atoms with van der Waals surface area (Å²) in [6.45, 7) is 3.95. The minimum atomic E-state index is 0.119. The normalized spacial score (nSPS) is 15.7. The van der Waals surface area contributed by atoms with E-state index in [2.05, 4.69) is 51.7 Å². The van der Waals surface area contributed by atoms with Gasteiger partial charge in [0.2, 0.25) is 5.91 Å². The first-order chi connectivity index (χ1) is 18.7. The van der Waals surface area contributed by atoms with Crippen LogP contribution in [0.2, 0.25) is 0 Å². The van der Waals surface area contributed by atoms with Crippen LogP contribution in [0.4, 0.5) is 5.69 Å². The second kappa shape index (κ2) is 15.5. The molecule has 1 aliphatic heterocycles. The molecule has 0 spiro atoms. The third kappa shape index (κ3) is 7.94. The lowest BCUT2D eigenvalue weighted by Gasteiger charge is -2.18. The molecule has 4 nitrogen and oxygen atoms in total. The van der Waals surface area contributed by atoms with Crippen molar-refractivity contribution in [1.82, 2.24) is 9.55 Å². The monoisotopic (exact) mass is 579 g/mol. The Kier molecular flexibility index (Phi) is 11.7. The quantitative estimate of drug-likeness (QED) is 0.149. The Morgan fingerprint density at radius 1 is 0.789 bits per heavy atom. The fourth-order valence-electron chi connectivity index (χ4n) is 5.89. The van der Waals surface area contributed by atoms with Gasteiger partial charge < -0.3 is 9.47 Å². The number of benzene rings is 2. The summed E-state index contributed by atoms with van der Waals surface area (Å²) in [6, 6.07) is 16.4. The average Bonchev–Trinajstić information content (AvgIpc) is 3.49. The van der Waals surface area contributed by atoms with Crippen LogP contribution in [0.3, 0.4) is 0 Å². The van der Waals surface area contributed by atoms with E-state index < -0.39 is 0 Å². The zero-order valence-corrected chi connectivity index (χ0v) is 24.9. The van der Waals surface area contributed by atoms with Gasteiger partial charge >= 0.3 is 0 Å². The lowest BCUT2D eigenvalue weighted by molar-refractivity contribution is -0.117. The first-order valence-electron chi connectivity index (χ1n) is 15.2. The van der Waals surface area contributed by atoms with Crippen molar-refractivity contribution in [3.63, 3.8) is 0 Å². The minimum absolute atomic E-state index is 0.119. The summed E-state index contributed by atoms with van der Waals surface area (Å²) >= 11 is 3.62. The van der Waals surface area contributed by atoms with Crippen molar-refractivity contribution < 1.29 is 4.79 Å². The number of fused-ring (bicyclic) bond motifs is 1. The molecule has 1 unspecified atom stereocenters. The lowest BCUT2D eigenvalue weighted by Crippen LogP contribution is -2.25. The number of amides is 1. The van der Waals surface area contributed by atoms with Crippen molar-refractivity contribution in [1.29, 1.82) is 0 Å². The van der Waals surface area contributed by atoms with E-state index in [1.807, 2.05) is 29.2 Å². The van der Waals surface area contributed by atoms with E-state index in [-0.39, 0.29) is 11.8 Å². The van der Waals surface area contributed by atoms with Crippen molar-refractivity contribution in [2.45, 2.75) is 116 Å². The second-order valence-electron chi connectivity index (χ2n) is 11.1. The lowest BCUT2D eigenvalue weighted by atomic mass is 10.0. The van der Waals surface area contributed by atoms with Crippen LogP contribution in [0.15, 0.2) is 53.0 Å². The van der Waals surface area contributed by atoms with Gasteiger partial charge in [0.25, 0.3) is 0 Å². The zero-order valence-electron chi connectivity index (χ0n) is 23.3. The first kappa shape index (κ1) is 28.9. The highest BCUT2D eigenvalue weighted by atomic mass is 79.9. The molecule has 0 radical (unpaired) electrons. The van der Waals surface area contributed by atoms with Gasteiger partial charge in [0.15, 0.2) is 0 Å². The average molecular weight is 581 g/mol. The van der Waals surface area contributed by atoms with E-state index in [9.17, 15) is 4.79 Å². The number of halogens is 1. The maximum atomic E-state index is 13.0. The molecule has 0 saturated carbocycles. The Morgan fingerprint density at radius 2 is 1.37 bits per heavy atom. The van der Waals surface area contributed by atoms with Crippen LogP contribution in [0.5, 0.6) is 0 Å². The number of aryl methyl sites for hydroxylation is 1. The SMILES string of the molecule is CCCCCCCCCCCCCCCCn1c(C2CC(=O)N(c3ccccc3Br)C2)nc2ccccc21. The third-order valence-electron chi connectivity index (χ3n) is 8.05. The molecule has 0 bridgehead atoms. The molecule has 4 rings (SSSR count). The van der Waals surface area contributed by atoms with Crippen LogP contribution in [-0.2, 0) is 11.3 Å². The van der Waals surface area contributed by atoms with E-state index in [1.165, 1.54) is 95.4 Å². The summed E-state index contributed by atoms with van der Waals surface area (Å²) in [6.07, 6.45) is 19.7. The smallest absolute Gasteiger partial charge is 0.227 e. The zero-order chi connectivity index (χ0) is 26.6. The molecular formula is C33H46BrN3O.